The minimum atomic E-state index is -1.03. The number of hydrogen-bond donors (Lipinski definition) is 3. The zero-order chi connectivity index (χ0) is 47.4. The van der Waals surface area contributed by atoms with Gasteiger partial charge in [0, 0.05) is 54.0 Å². The van der Waals surface area contributed by atoms with Crippen LogP contribution in [0, 0.1) is 35.0 Å². The molecule has 6 atom stereocenters. The lowest BCUT2D eigenvalue weighted by Gasteiger charge is -2.28. The SMILES string of the molecule is CC(CCc1cn(Cc2ccnc3c(NC(=O)c4ccc(N5C(=O)C6C7C=CC(C7)C6C5=O)cc4)cccc23)nn1)COCC(C)(C)CNc1cccc2c1C(=O)N(C1CCC(=O)NC1=O)C2=O. The number of para-hydroxylation sites is 1. The van der Waals surface area contributed by atoms with E-state index < -0.39 is 29.7 Å². The second-order valence-corrected chi connectivity index (χ2v) is 19.4. The fourth-order valence-corrected chi connectivity index (χ4v) is 10.4. The van der Waals surface area contributed by atoms with Gasteiger partial charge in [-0.05, 0) is 97.5 Å². The third-order valence-corrected chi connectivity index (χ3v) is 13.9. The van der Waals surface area contributed by atoms with E-state index in [-0.39, 0.29) is 76.7 Å². The smallest absolute Gasteiger partial charge is 0.264 e. The molecule has 3 fully saturated rings. The van der Waals surface area contributed by atoms with Crippen molar-refractivity contribution in [2.75, 3.05) is 35.3 Å². The second-order valence-electron chi connectivity index (χ2n) is 19.4. The summed E-state index contributed by atoms with van der Waals surface area (Å²) in [5.74, 6) is -2.94. The fourth-order valence-electron chi connectivity index (χ4n) is 10.4. The number of anilines is 3. The second kappa shape index (κ2) is 17.7. The fraction of sp³-hybridized carbons (Fsp3) is 0.373. The number of benzene rings is 3. The van der Waals surface area contributed by atoms with Crippen molar-refractivity contribution in [2.45, 2.75) is 65.5 Å². The quantitative estimate of drug-likeness (QED) is 0.0820. The van der Waals surface area contributed by atoms with Crippen LogP contribution in [0.1, 0.15) is 88.8 Å². The van der Waals surface area contributed by atoms with Gasteiger partial charge in [0.25, 0.3) is 17.7 Å². The Hall–Kier alpha value is -7.40. The van der Waals surface area contributed by atoms with Gasteiger partial charge in [-0.15, -0.1) is 5.10 Å². The number of piperidine rings is 1. The van der Waals surface area contributed by atoms with Crippen LogP contribution in [0.4, 0.5) is 17.1 Å². The molecule has 3 N–H and O–H groups in total. The zero-order valence-electron chi connectivity index (χ0n) is 37.9. The van der Waals surface area contributed by atoms with Crippen LogP contribution in [0.15, 0.2) is 91.3 Å². The maximum Gasteiger partial charge on any atom is 0.264 e. The molecule has 5 aliphatic rings. The average molecular weight is 918 g/mol. The van der Waals surface area contributed by atoms with E-state index in [4.69, 9.17) is 4.74 Å². The summed E-state index contributed by atoms with van der Waals surface area (Å²) in [7, 11) is 0. The lowest BCUT2D eigenvalue weighted by Crippen LogP contribution is -2.54. The average Bonchev–Trinajstić information content (AvgIpc) is 4.16. The molecule has 10 rings (SSSR count). The molecule has 6 unspecified atom stereocenters. The Balaban J connectivity index is 0.693. The van der Waals surface area contributed by atoms with Crippen molar-refractivity contribution in [1.82, 2.24) is 30.2 Å². The van der Waals surface area contributed by atoms with Crippen molar-refractivity contribution >= 4 is 69.3 Å². The van der Waals surface area contributed by atoms with Crippen molar-refractivity contribution in [3.05, 3.63) is 119 Å². The first-order valence-electron chi connectivity index (χ1n) is 23.1. The number of carbonyl (C=O) groups excluding carboxylic acids is 7. The Morgan fingerprint density at radius 1 is 0.912 bits per heavy atom. The number of ether oxygens (including phenoxy) is 1. The number of nitrogens with one attached hydrogen (secondary N) is 3. The molecule has 7 amide bonds. The van der Waals surface area contributed by atoms with Crippen molar-refractivity contribution in [1.29, 1.82) is 0 Å². The summed E-state index contributed by atoms with van der Waals surface area (Å²) in [6, 6.07) is 18.1. The first-order valence-corrected chi connectivity index (χ1v) is 23.1. The standard InChI is InChI=1S/C51H51N9O8/c1-28(25-68-27-51(2,3)26-53-37-8-5-7-36-43(37)50(67)60(47(36)64)39-18-19-40(61)55-46(39)63)10-15-33-24-58(57-56-33)23-32-20-21-52-44-35(32)6-4-9-38(44)54-45(62)29-13-16-34(17-14-29)59-48(65)41-30-11-12-31(22-30)42(41)49(59)66/h4-9,11-14,16-17,20-21,24,28,30-31,39,41-42,53H,10,15,18-19,22-23,25-27H2,1-3H3,(H,54,62)(H,55,61,63). The summed E-state index contributed by atoms with van der Waals surface area (Å²) in [5, 5.41) is 18.2. The summed E-state index contributed by atoms with van der Waals surface area (Å²) in [6.07, 6.45) is 10.3. The molecular weight excluding hydrogens is 867 g/mol. The first-order chi connectivity index (χ1) is 32.7. The summed E-state index contributed by atoms with van der Waals surface area (Å²) in [5.41, 5.74) is 4.43. The highest BCUT2D eigenvalue weighted by atomic mass is 16.5. The number of amides is 7. The molecule has 17 heteroatoms. The van der Waals surface area contributed by atoms with Crippen molar-refractivity contribution in [3.63, 3.8) is 0 Å². The molecule has 348 valence electrons. The van der Waals surface area contributed by atoms with E-state index in [1.165, 1.54) is 4.90 Å². The van der Waals surface area contributed by atoms with Crippen molar-refractivity contribution < 1.29 is 38.3 Å². The predicted octanol–water partition coefficient (Wildman–Crippen LogP) is 5.56. The Morgan fingerprint density at radius 3 is 2.40 bits per heavy atom. The minimum Gasteiger partial charge on any atom is -0.384 e. The Morgan fingerprint density at radius 2 is 1.65 bits per heavy atom. The summed E-state index contributed by atoms with van der Waals surface area (Å²) >= 11 is 0. The highest BCUT2D eigenvalue weighted by Crippen LogP contribution is 2.53. The van der Waals surface area contributed by atoms with E-state index in [1.54, 1.807) is 59.4 Å². The van der Waals surface area contributed by atoms with Gasteiger partial charge in [-0.25, -0.2) is 4.68 Å². The number of allylic oxidation sites excluding steroid dienone is 2. The molecule has 0 spiro atoms. The van der Waals surface area contributed by atoms with Gasteiger partial charge in [0.2, 0.25) is 23.6 Å². The third kappa shape index (κ3) is 8.24. The third-order valence-electron chi connectivity index (χ3n) is 13.9. The number of nitrogens with zero attached hydrogens (tertiary/aromatic N) is 6. The number of rotatable bonds is 16. The van der Waals surface area contributed by atoms with E-state index in [2.05, 4.69) is 50.3 Å². The number of aryl methyl sites for hydroxylation is 1. The van der Waals surface area contributed by atoms with E-state index in [0.717, 1.165) is 34.4 Å². The van der Waals surface area contributed by atoms with Gasteiger partial charge in [0.15, 0.2) is 0 Å². The lowest BCUT2D eigenvalue weighted by molar-refractivity contribution is -0.136. The number of fused-ring (bicyclic) bond motifs is 7. The van der Waals surface area contributed by atoms with Gasteiger partial charge in [-0.1, -0.05) is 56.3 Å². The van der Waals surface area contributed by atoms with Gasteiger partial charge in [-0.3, -0.25) is 53.7 Å². The molecular formula is C51H51N9O8. The molecule has 2 saturated heterocycles. The molecule has 68 heavy (non-hydrogen) atoms. The summed E-state index contributed by atoms with van der Waals surface area (Å²) < 4.78 is 7.97. The molecule has 0 radical (unpaired) electrons. The molecule has 2 aromatic heterocycles. The van der Waals surface area contributed by atoms with E-state index >= 15 is 0 Å². The highest BCUT2D eigenvalue weighted by Gasteiger charge is 2.59. The van der Waals surface area contributed by atoms with E-state index in [9.17, 15) is 33.6 Å². The van der Waals surface area contributed by atoms with Gasteiger partial charge in [-0.2, -0.15) is 0 Å². The molecule has 17 nitrogen and oxygen atoms in total. The molecule has 2 aliphatic carbocycles. The molecule has 3 aliphatic heterocycles. The van der Waals surface area contributed by atoms with Crippen LogP contribution >= 0.6 is 0 Å². The molecule has 5 heterocycles. The van der Waals surface area contributed by atoms with Gasteiger partial charge in [0.1, 0.15) is 6.04 Å². The van der Waals surface area contributed by atoms with Crippen LogP contribution in [0.25, 0.3) is 10.9 Å². The monoisotopic (exact) mass is 917 g/mol. The maximum absolute atomic E-state index is 13.5. The van der Waals surface area contributed by atoms with Crippen LogP contribution in [0.5, 0.6) is 0 Å². The number of aromatic nitrogens is 4. The lowest BCUT2D eigenvalue weighted by atomic mass is 9.85. The van der Waals surface area contributed by atoms with Gasteiger partial charge >= 0.3 is 0 Å². The van der Waals surface area contributed by atoms with Crippen molar-refractivity contribution in [2.24, 2.45) is 35.0 Å². The van der Waals surface area contributed by atoms with Crippen LogP contribution in [0.2, 0.25) is 0 Å². The van der Waals surface area contributed by atoms with Gasteiger partial charge in [0.05, 0.1) is 58.7 Å². The summed E-state index contributed by atoms with van der Waals surface area (Å²) in [6.45, 7) is 8.08. The van der Waals surface area contributed by atoms with Crippen LogP contribution < -0.4 is 20.9 Å². The Kier molecular flexibility index (Phi) is 11.6. The highest BCUT2D eigenvalue weighted by molar-refractivity contribution is 6.26. The minimum absolute atomic E-state index is 0.0547. The van der Waals surface area contributed by atoms with E-state index in [0.29, 0.717) is 60.9 Å². The van der Waals surface area contributed by atoms with E-state index in [1.807, 2.05) is 38.2 Å². The predicted molar refractivity (Wildman–Crippen MR) is 249 cm³/mol. The molecule has 5 aromatic rings. The normalized spacial score (nSPS) is 22.3. The van der Waals surface area contributed by atoms with Crippen LogP contribution in [-0.2, 0) is 36.9 Å². The Labute approximate surface area is 391 Å². The number of imide groups is 3. The van der Waals surface area contributed by atoms with Gasteiger partial charge < -0.3 is 15.4 Å². The van der Waals surface area contributed by atoms with Crippen molar-refractivity contribution in [3.8, 4) is 0 Å². The molecule has 1 saturated carbocycles. The van der Waals surface area contributed by atoms with Crippen LogP contribution in [0.3, 0.4) is 0 Å². The number of hydrogen-bond acceptors (Lipinski definition) is 12. The summed E-state index contributed by atoms with van der Waals surface area (Å²) in [4.78, 5) is 97.9. The topological polar surface area (TPSA) is 215 Å². The maximum atomic E-state index is 13.5. The molecule has 2 bridgehead atoms. The molecule has 3 aromatic carbocycles. The largest absolute Gasteiger partial charge is 0.384 e. The van der Waals surface area contributed by atoms with Crippen LogP contribution in [-0.4, -0.2) is 92.0 Å². The first kappa shape index (κ1) is 44.4. The number of pyridine rings is 1. The Bertz CT molecular complexity index is 2910. The number of carbonyl (C=O) groups is 7. The zero-order valence-corrected chi connectivity index (χ0v) is 37.9.